The minimum absolute atomic E-state index is 0.00394. The van der Waals surface area contributed by atoms with Crippen LogP contribution in [0.15, 0.2) is 35.1 Å². The van der Waals surface area contributed by atoms with Gasteiger partial charge in [0.05, 0.1) is 12.7 Å². The average Bonchev–Trinajstić information content (AvgIpc) is 3.47. The Hall–Kier alpha value is -2.85. The first kappa shape index (κ1) is 35.0. The highest BCUT2D eigenvalue weighted by Gasteiger charge is 2.47. The summed E-state index contributed by atoms with van der Waals surface area (Å²) in [6, 6.07) is 9.61. The Morgan fingerprint density at radius 2 is 1.67 bits per heavy atom. The van der Waals surface area contributed by atoms with E-state index in [4.69, 9.17) is 13.6 Å². The number of carbonyl (C=O) groups excluding carboxylic acids is 1. The van der Waals surface area contributed by atoms with E-state index in [1.807, 2.05) is 34.9 Å². The molecule has 1 aromatic carbocycles. The van der Waals surface area contributed by atoms with E-state index >= 15 is 0 Å². The van der Waals surface area contributed by atoms with Crippen LogP contribution in [-0.4, -0.2) is 60.9 Å². The number of anilines is 3. The van der Waals surface area contributed by atoms with Crippen molar-refractivity contribution < 1.29 is 18.4 Å². The summed E-state index contributed by atoms with van der Waals surface area (Å²) >= 11 is 0. The molecule has 1 saturated heterocycles. The minimum atomic E-state index is -2.20. The third-order valence-electron chi connectivity index (χ3n) is 9.48. The summed E-state index contributed by atoms with van der Waals surface area (Å²) in [5.41, 5.74) is 0.781. The zero-order chi connectivity index (χ0) is 33.5. The first-order chi connectivity index (χ1) is 20.7. The molecule has 3 atom stereocenters. The number of rotatable bonds is 10. The van der Waals surface area contributed by atoms with Gasteiger partial charge in [0.15, 0.2) is 27.8 Å². The first-order valence-corrected chi connectivity index (χ1v) is 21.6. The Labute approximate surface area is 269 Å². The van der Waals surface area contributed by atoms with Gasteiger partial charge in [-0.3, -0.25) is 24.5 Å². The fourth-order valence-electron chi connectivity index (χ4n) is 4.51. The second-order valence-electron chi connectivity index (χ2n) is 15.4. The largest absolute Gasteiger partial charge is 0.414 e. The molecule has 0 bridgehead atoms. The van der Waals surface area contributed by atoms with Crippen LogP contribution in [0.25, 0.3) is 11.2 Å². The van der Waals surface area contributed by atoms with Crippen molar-refractivity contribution in [2.24, 2.45) is 5.92 Å². The highest BCUT2D eigenvalue weighted by Crippen LogP contribution is 2.43. The minimum Gasteiger partial charge on any atom is -0.414 e. The maximum absolute atomic E-state index is 13.3. The predicted molar refractivity (Wildman–Crippen MR) is 185 cm³/mol. The molecule has 1 amide bonds. The van der Waals surface area contributed by atoms with Gasteiger partial charge in [-0.25, -0.2) is 4.98 Å². The number of ether oxygens (including phenoxy) is 1. The number of H-pyrrole nitrogens is 1. The molecule has 0 radical (unpaired) electrons. The molecule has 3 aromatic rings. The lowest BCUT2D eigenvalue weighted by molar-refractivity contribution is -0.118. The molecule has 0 unspecified atom stereocenters. The topological polar surface area (TPSA) is 132 Å². The molecule has 4 rings (SSSR count). The predicted octanol–water partition coefficient (Wildman–Crippen LogP) is 7.16. The van der Waals surface area contributed by atoms with E-state index in [-0.39, 0.29) is 45.6 Å². The van der Waals surface area contributed by atoms with Crippen LogP contribution in [0.4, 0.5) is 17.6 Å². The highest BCUT2D eigenvalue weighted by atomic mass is 28.4. The van der Waals surface area contributed by atoms with Gasteiger partial charge in [-0.1, -0.05) is 73.6 Å². The quantitative estimate of drug-likeness (QED) is 0.196. The van der Waals surface area contributed by atoms with Crippen LogP contribution in [-0.2, 0) is 18.4 Å². The Morgan fingerprint density at radius 1 is 1.04 bits per heavy atom. The first-order valence-electron chi connectivity index (χ1n) is 15.8. The fraction of sp³-hybridized carbons (Fsp3) is 0.625. The molecule has 11 nitrogen and oxygen atoms in total. The second-order valence-corrected chi connectivity index (χ2v) is 24.9. The highest BCUT2D eigenvalue weighted by molar-refractivity contribution is 6.74. The molecule has 45 heavy (non-hydrogen) atoms. The number of benzene rings is 1. The van der Waals surface area contributed by atoms with Crippen LogP contribution in [0.2, 0.25) is 36.3 Å². The van der Waals surface area contributed by atoms with E-state index in [0.29, 0.717) is 24.6 Å². The Bertz CT molecular complexity index is 1560. The average molecular weight is 657 g/mol. The van der Waals surface area contributed by atoms with Crippen LogP contribution < -0.4 is 16.2 Å². The van der Waals surface area contributed by atoms with E-state index < -0.39 is 28.4 Å². The number of carbonyl (C=O) groups is 1. The van der Waals surface area contributed by atoms with Gasteiger partial charge in [-0.05, 0) is 48.4 Å². The summed E-state index contributed by atoms with van der Waals surface area (Å²) in [4.78, 5) is 37.8. The van der Waals surface area contributed by atoms with Gasteiger partial charge in [-0.15, -0.1) is 0 Å². The van der Waals surface area contributed by atoms with Gasteiger partial charge in [0.25, 0.3) is 5.56 Å². The van der Waals surface area contributed by atoms with E-state index in [1.165, 1.54) is 0 Å². The Kier molecular flexibility index (Phi) is 9.92. The number of aromatic amines is 1. The molecule has 1 fully saturated rings. The summed E-state index contributed by atoms with van der Waals surface area (Å²) in [6.45, 7) is 26.2. The number of nitrogens with zero attached hydrogens (tertiary/aromatic N) is 3. The summed E-state index contributed by atoms with van der Waals surface area (Å²) < 4.78 is 22.3. The summed E-state index contributed by atoms with van der Waals surface area (Å²) in [6.07, 6.45) is -0.645. The molecule has 0 aliphatic carbocycles. The molecule has 0 saturated carbocycles. The smallest absolute Gasteiger partial charge is 0.280 e. The summed E-state index contributed by atoms with van der Waals surface area (Å²) in [5, 5.41) is 6.12. The van der Waals surface area contributed by atoms with Gasteiger partial charge in [0, 0.05) is 18.0 Å². The zero-order valence-corrected chi connectivity index (χ0v) is 31.0. The molecule has 248 valence electrons. The van der Waals surface area contributed by atoms with Gasteiger partial charge >= 0.3 is 0 Å². The Balaban J connectivity index is 1.80. The van der Waals surface area contributed by atoms with Gasteiger partial charge in [0.2, 0.25) is 17.8 Å². The molecule has 1 aliphatic heterocycles. The molecule has 13 heteroatoms. The van der Waals surface area contributed by atoms with E-state index in [0.717, 1.165) is 5.69 Å². The normalized spacial score (nSPS) is 19.8. The standard InChI is InChI=1S/C32H52N6O5Si2/c1-20(2)27(39)36-29-35-26-25(28(40)37-29)34-30(33-21-16-14-13-15-17-21)38(26)24-18-22(43-45(11,12)32(6,7)8)23(42-24)19-41-44(9,10)31(3,4)5/h13-17,20,22-24H,18-19H2,1-12H3,(H,33,34)(H2,35,36,37,39,40)/t22-,23+,24+/m0/s1. The van der Waals surface area contributed by atoms with Gasteiger partial charge < -0.3 is 18.9 Å². The number of para-hydroxylation sites is 1. The maximum atomic E-state index is 13.3. The lowest BCUT2D eigenvalue weighted by Gasteiger charge is -2.40. The Morgan fingerprint density at radius 3 is 2.24 bits per heavy atom. The molecular formula is C32H52N6O5Si2. The van der Waals surface area contributed by atoms with E-state index in [2.05, 4.69) is 93.3 Å². The monoisotopic (exact) mass is 656 g/mol. The molecule has 0 spiro atoms. The molecule has 1 aliphatic rings. The SMILES string of the molecule is CC(C)C(=O)Nc1nc2c(nc(Nc3ccccc3)n2[C@H]2C[C@H](O[Si](C)(C)C(C)(C)C)[C@@H](CO[Si](C)(C)C(C)(C)C)O2)c(=O)[nH]1. The van der Waals surface area contributed by atoms with Crippen molar-refractivity contribution in [3.63, 3.8) is 0 Å². The number of imidazole rings is 1. The fourth-order valence-corrected chi connectivity index (χ4v) is 6.88. The third kappa shape index (κ3) is 7.76. The second kappa shape index (κ2) is 12.7. The van der Waals surface area contributed by atoms with Crippen LogP contribution in [0, 0.1) is 5.92 Å². The molecule has 2 aromatic heterocycles. The molecule has 3 heterocycles. The lowest BCUT2D eigenvalue weighted by atomic mass is 10.2. The zero-order valence-electron chi connectivity index (χ0n) is 29.0. The third-order valence-corrected chi connectivity index (χ3v) is 18.5. The number of amides is 1. The summed E-state index contributed by atoms with van der Waals surface area (Å²) in [7, 11) is -4.28. The van der Waals surface area contributed by atoms with Crippen LogP contribution in [0.1, 0.15) is 68.0 Å². The van der Waals surface area contributed by atoms with E-state index in [1.54, 1.807) is 13.8 Å². The van der Waals surface area contributed by atoms with Crippen LogP contribution in [0.5, 0.6) is 0 Å². The number of fused-ring (bicyclic) bond motifs is 1. The van der Waals surface area contributed by atoms with E-state index in [9.17, 15) is 9.59 Å². The maximum Gasteiger partial charge on any atom is 0.280 e. The molecular weight excluding hydrogens is 605 g/mol. The lowest BCUT2D eigenvalue weighted by Crippen LogP contribution is -2.48. The van der Waals surface area contributed by atoms with Crippen molar-refractivity contribution in [1.82, 2.24) is 19.5 Å². The van der Waals surface area contributed by atoms with Gasteiger partial charge in [0.1, 0.15) is 12.3 Å². The molecule has 3 N–H and O–H groups in total. The van der Waals surface area contributed by atoms with Crippen molar-refractivity contribution in [3.05, 3.63) is 40.7 Å². The van der Waals surface area contributed by atoms with Crippen LogP contribution in [0.3, 0.4) is 0 Å². The van der Waals surface area contributed by atoms with Crippen molar-refractivity contribution in [3.8, 4) is 0 Å². The number of hydrogen-bond donors (Lipinski definition) is 3. The van der Waals surface area contributed by atoms with Gasteiger partial charge in [-0.2, -0.15) is 4.98 Å². The number of aromatic nitrogens is 4. The summed E-state index contributed by atoms with van der Waals surface area (Å²) in [5.74, 6) is -0.0830. The van der Waals surface area contributed by atoms with Crippen molar-refractivity contribution >= 4 is 51.3 Å². The van der Waals surface area contributed by atoms with Crippen molar-refractivity contribution in [2.75, 3.05) is 17.2 Å². The number of hydrogen-bond acceptors (Lipinski definition) is 8. The number of nitrogens with one attached hydrogen (secondary N) is 3. The van der Waals surface area contributed by atoms with Crippen molar-refractivity contribution in [1.29, 1.82) is 0 Å². The van der Waals surface area contributed by atoms with Crippen LogP contribution >= 0.6 is 0 Å². The van der Waals surface area contributed by atoms with Crippen molar-refractivity contribution in [2.45, 2.75) is 117 Å².